The van der Waals surface area contributed by atoms with Gasteiger partial charge in [0.15, 0.2) is 0 Å². The molecule has 1 aromatic rings. The van der Waals surface area contributed by atoms with Crippen molar-refractivity contribution in [2.75, 3.05) is 25.2 Å². The van der Waals surface area contributed by atoms with E-state index in [2.05, 4.69) is 6.07 Å². The zero-order valence-corrected chi connectivity index (χ0v) is 14.4. The van der Waals surface area contributed by atoms with Crippen molar-refractivity contribution in [2.24, 2.45) is 5.92 Å². The molecule has 1 saturated heterocycles. The van der Waals surface area contributed by atoms with E-state index < -0.39 is 0 Å². The van der Waals surface area contributed by atoms with E-state index in [4.69, 9.17) is 0 Å². The highest BCUT2D eigenvalue weighted by Crippen LogP contribution is 2.25. The number of amides is 2. The minimum absolute atomic E-state index is 0.0548. The molecule has 0 saturated carbocycles. The predicted molar refractivity (Wildman–Crippen MR) is 88.5 cm³/mol. The van der Waals surface area contributed by atoms with Gasteiger partial charge in [0.1, 0.15) is 6.04 Å². The number of hydrogen-bond acceptors (Lipinski definition) is 4. The predicted octanol–water partition coefficient (Wildman–Crippen LogP) is 2.31. The molecule has 2 rings (SSSR count). The van der Waals surface area contributed by atoms with E-state index in [1.54, 1.807) is 39.9 Å². The Labute approximate surface area is 134 Å². The number of rotatable bonds is 5. The molecule has 116 valence electrons. The van der Waals surface area contributed by atoms with Crippen LogP contribution in [0.25, 0.3) is 0 Å². The molecule has 0 N–H and O–H groups in total. The molecule has 0 spiro atoms. The Bertz CT molecular complexity index is 490. The zero-order chi connectivity index (χ0) is 15.4. The summed E-state index contributed by atoms with van der Waals surface area (Å²) in [5.41, 5.74) is 0. The summed E-state index contributed by atoms with van der Waals surface area (Å²) in [6.07, 6.45) is 0.752. The van der Waals surface area contributed by atoms with Gasteiger partial charge in [0.25, 0.3) is 0 Å². The first-order valence-corrected chi connectivity index (χ1v) is 9.23. The number of thiophene rings is 1. The van der Waals surface area contributed by atoms with E-state index in [1.165, 1.54) is 4.88 Å². The van der Waals surface area contributed by atoms with Crippen LogP contribution in [0.1, 0.15) is 18.7 Å². The average molecular weight is 326 g/mol. The molecule has 0 unspecified atom stereocenters. The number of carbonyl (C=O) groups is 2. The molecule has 6 heteroatoms. The standard InChI is InChI=1S/C15H22N2O2S2/c1-4-16(3)15(19)13-9-20-10-17(13)14(18)11(2)8-12-6-5-7-21-12/h5-7,11,13H,4,8-10H2,1-3H3/t11-,13-/m0/s1. The second-order valence-electron chi connectivity index (χ2n) is 5.36. The number of thioether (sulfide) groups is 1. The molecule has 2 heterocycles. The van der Waals surface area contributed by atoms with Crippen LogP contribution in [-0.4, -0.2) is 52.9 Å². The van der Waals surface area contributed by atoms with E-state index in [-0.39, 0.29) is 23.8 Å². The molecular weight excluding hydrogens is 304 g/mol. The normalized spacial score (nSPS) is 19.6. The molecule has 4 nitrogen and oxygen atoms in total. The molecule has 1 aliphatic rings. The summed E-state index contributed by atoms with van der Waals surface area (Å²) in [7, 11) is 1.79. The van der Waals surface area contributed by atoms with Crippen LogP contribution in [0.5, 0.6) is 0 Å². The Kier molecular flexibility index (Phi) is 5.70. The third-order valence-corrected chi connectivity index (χ3v) is 5.72. The Morgan fingerprint density at radius 1 is 1.52 bits per heavy atom. The van der Waals surface area contributed by atoms with E-state index in [1.807, 2.05) is 25.3 Å². The van der Waals surface area contributed by atoms with E-state index in [0.29, 0.717) is 18.2 Å². The summed E-state index contributed by atoms with van der Waals surface area (Å²) in [5.74, 6) is 1.40. The molecular formula is C15H22N2O2S2. The highest BCUT2D eigenvalue weighted by molar-refractivity contribution is 7.99. The zero-order valence-electron chi connectivity index (χ0n) is 12.7. The Balaban J connectivity index is 2.01. The maximum atomic E-state index is 12.6. The fourth-order valence-electron chi connectivity index (χ4n) is 2.38. The van der Waals surface area contributed by atoms with Crippen molar-refractivity contribution in [3.05, 3.63) is 22.4 Å². The van der Waals surface area contributed by atoms with Gasteiger partial charge in [0.05, 0.1) is 5.88 Å². The van der Waals surface area contributed by atoms with Crippen LogP contribution in [0.3, 0.4) is 0 Å². The van der Waals surface area contributed by atoms with Crippen LogP contribution in [0, 0.1) is 5.92 Å². The molecule has 0 aromatic carbocycles. The molecule has 2 amide bonds. The maximum absolute atomic E-state index is 12.6. The largest absolute Gasteiger partial charge is 0.344 e. The lowest BCUT2D eigenvalue weighted by Crippen LogP contribution is -2.49. The molecule has 0 bridgehead atoms. The first kappa shape index (κ1) is 16.4. The van der Waals surface area contributed by atoms with Gasteiger partial charge >= 0.3 is 0 Å². The van der Waals surface area contributed by atoms with Crippen LogP contribution >= 0.6 is 23.1 Å². The van der Waals surface area contributed by atoms with Gasteiger partial charge in [-0.15, -0.1) is 23.1 Å². The first-order valence-electron chi connectivity index (χ1n) is 7.20. The lowest BCUT2D eigenvalue weighted by Gasteiger charge is -2.28. The summed E-state index contributed by atoms with van der Waals surface area (Å²) in [6, 6.07) is 3.77. The molecule has 0 radical (unpaired) electrons. The van der Waals surface area contributed by atoms with Crippen LogP contribution in [0.15, 0.2) is 17.5 Å². The quantitative estimate of drug-likeness (QED) is 0.834. The third-order valence-electron chi connectivity index (χ3n) is 3.81. The van der Waals surface area contributed by atoms with Gasteiger partial charge in [-0.2, -0.15) is 0 Å². The molecule has 2 atom stereocenters. The average Bonchev–Trinajstić information content (AvgIpc) is 3.15. The van der Waals surface area contributed by atoms with Crippen molar-refractivity contribution in [3.63, 3.8) is 0 Å². The van der Waals surface area contributed by atoms with Crippen molar-refractivity contribution in [2.45, 2.75) is 26.3 Å². The van der Waals surface area contributed by atoms with Crippen molar-refractivity contribution in [1.82, 2.24) is 9.80 Å². The summed E-state index contributed by atoms with van der Waals surface area (Å²) in [6.45, 7) is 4.58. The fourth-order valence-corrected chi connectivity index (χ4v) is 4.37. The summed E-state index contributed by atoms with van der Waals surface area (Å²) >= 11 is 3.34. The summed E-state index contributed by atoms with van der Waals surface area (Å²) in [5, 5.41) is 2.03. The first-order chi connectivity index (χ1) is 10.0. The minimum Gasteiger partial charge on any atom is -0.344 e. The molecule has 0 aliphatic carbocycles. The van der Waals surface area contributed by atoms with Crippen LogP contribution < -0.4 is 0 Å². The molecule has 1 aromatic heterocycles. The lowest BCUT2D eigenvalue weighted by molar-refractivity contribution is -0.144. The van der Waals surface area contributed by atoms with Crippen molar-refractivity contribution >= 4 is 34.9 Å². The van der Waals surface area contributed by atoms with Crippen LogP contribution in [-0.2, 0) is 16.0 Å². The summed E-state index contributed by atoms with van der Waals surface area (Å²) < 4.78 is 0. The minimum atomic E-state index is -0.293. The van der Waals surface area contributed by atoms with Crippen LogP contribution in [0.4, 0.5) is 0 Å². The lowest BCUT2D eigenvalue weighted by atomic mass is 10.0. The summed E-state index contributed by atoms with van der Waals surface area (Å²) in [4.78, 5) is 29.7. The molecule has 1 fully saturated rings. The topological polar surface area (TPSA) is 40.6 Å². The third kappa shape index (κ3) is 3.80. The van der Waals surface area contributed by atoms with Gasteiger partial charge in [-0.25, -0.2) is 0 Å². The van der Waals surface area contributed by atoms with Gasteiger partial charge in [0.2, 0.25) is 11.8 Å². The smallest absolute Gasteiger partial charge is 0.245 e. The second kappa shape index (κ2) is 7.31. The van der Waals surface area contributed by atoms with E-state index in [0.717, 1.165) is 6.42 Å². The molecule has 1 aliphatic heterocycles. The number of likely N-dealkylation sites (N-methyl/N-ethyl adjacent to an activating group) is 1. The van der Waals surface area contributed by atoms with Crippen molar-refractivity contribution < 1.29 is 9.59 Å². The van der Waals surface area contributed by atoms with Crippen molar-refractivity contribution in [1.29, 1.82) is 0 Å². The molecule has 21 heavy (non-hydrogen) atoms. The SMILES string of the molecule is CCN(C)C(=O)[C@@H]1CSCN1C(=O)[C@@H](C)Cc1cccs1. The fraction of sp³-hybridized carbons (Fsp3) is 0.600. The number of nitrogens with zero attached hydrogens (tertiary/aromatic N) is 2. The Hall–Kier alpha value is -1.01. The van der Waals surface area contributed by atoms with Gasteiger partial charge in [-0.1, -0.05) is 13.0 Å². The van der Waals surface area contributed by atoms with E-state index >= 15 is 0 Å². The Morgan fingerprint density at radius 2 is 2.29 bits per heavy atom. The second-order valence-corrected chi connectivity index (χ2v) is 7.39. The van der Waals surface area contributed by atoms with Gasteiger partial charge < -0.3 is 9.80 Å². The van der Waals surface area contributed by atoms with Crippen LogP contribution in [0.2, 0.25) is 0 Å². The van der Waals surface area contributed by atoms with Gasteiger partial charge in [-0.3, -0.25) is 9.59 Å². The highest BCUT2D eigenvalue weighted by Gasteiger charge is 2.37. The number of carbonyl (C=O) groups excluding carboxylic acids is 2. The highest BCUT2D eigenvalue weighted by atomic mass is 32.2. The monoisotopic (exact) mass is 326 g/mol. The van der Waals surface area contributed by atoms with Gasteiger partial charge in [-0.05, 0) is 24.8 Å². The maximum Gasteiger partial charge on any atom is 0.245 e. The van der Waals surface area contributed by atoms with E-state index in [9.17, 15) is 9.59 Å². The Morgan fingerprint density at radius 3 is 2.90 bits per heavy atom. The number of hydrogen-bond donors (Lipinski definition) is 0. The van der Waals surface area contributed by atoms with Crippen molar-refractivity contribution in [3.8, 4) is 0 Å². The van der Waals surface area contributed by atoms with Gasteiger partial charge in [0, 0.05) is 30.1 Å².